The number of methoxy groups -OCH3 is 3. The molecule has 0 amide bonds. The number of fused-ring (bicyclic) bond motifs is 1. The van der Waals surface area contributed by atoms with Crippen LogP contribution in [0, 0.1) is 5.92 Å². The largest absolute Gasteiger partial charge is 0.496 e. The molecule has 2 fully saturated rings. The molecule has 0 radical (unpaired) electrons. The van der Waals surface area contributed by atoms with Gasteiger partial charge in [-0.3, -0.25) is 4.55 Å². The molecule has 1 aliphatic heterocycles. The molecule has 13 heteroatoms. The van der Waals surface area contributed by atoms with Crippen LogP contribution in [0.5, 0.6) is 17.4 Å². The maximum Gasteiger partial charge on any atom is 0.261 e. The van der Waals surface area contributed by atoms with E-state index in [0.29, 0.717) is 31.4 Å². The number of benzene rings is 1. The molecule has 0 atom stereocenters. The molecule has 0 bridgehead atoms. The van der Waals surface area contributed by atoms with Gasteiger partial charge in [-0.05, 0) is 49.8 Å². The van der Waals surface area contributed by atoms with Crippen molar-refractivity contribution in [2.75, 3.05) is 58.9 Å². The predicted molar refractivity (Wildman–Crippen MR) is 159 cm³/mol. The maximum absolute atomic E-state index is 9.19. The molecule has 5 rings (SSSR count). The van der Waals surface area contributed by atoms with E-state index in [1.54, 1.807) is 32.7 Å². The smallest absolute Gasteiger partial charge is 0.261 e. The minimum Gasteiger partial charge on any atom is -0.496 e. The third-order valence-corrected chi connectivity index (χ3v) is 8.11. The monoisotopic (exact) mass is 611 g/mol. The first kappa shape index (κ1) is 31.4. The molecule has 1 aromatic carbocycles. The van der Waals surface area contributed by atoms with Crippen molar-refractivity contribution in [2.45, 2.75) is 51.7 Å². The van der Waals surface area contributed by atoms with E-state index < -0.39 is 10.1 Å². The molecule has 0 spiro atoms. The van der Waals surface area contributed by atoms with Crippen molar-refractivity contribution in [3.05, 3.63) is 23.1 Å². The quantitative estimate of drug-likeness (QED) is 0.283. The van der Waals surface area contributed by atoms with Gasteiger partial charge in [0.05, 0.1) is 45.4 Å². The van der Waals surface area contributed by atoms with E-state index in [2.05, 4.69) is 10.3 Å². The molecule has 1 saturated carbocycles. The van der Waals surface area contributed by atoms with Crippen molar-refractivity contribution in [3.8, 4) is 28.6 Å². The Hall–Kier alpha value is -2.58. The highest BCUT2D eigenvalue weighted by Crippen LogP contribution is 2.46. The van der Waals surface area contributed by atoms with Gasteiger partial charge in [0, 0.05) is 37.8 Å². The lowest BCUT2D eigenvalue weighted by atomic mass is 10.1. The van der Waals surface area contributed by atoms with Crippen molar-refractivity contribution < 1.29 is 36.7 Å². The van der Waals surface area contributed by atoms with E-state index in [-0.39, 0.29) is 0 Å². The summed E-state index contributed by atoms with van der Waals surface area (Å²) >= 11 is 1.68. The summed E-state index contributed by atoms with van der Waals surface area (Å²) < 4.78 is 56.7. The number of ether oxygens (including phenoxy) is 5. The Balaban J connectivity index is 0.000000714. The number of nitrogens with zero attached hydrogens (tertiary/aromatic N) is 3. The van der Waals surface area contributed by atoms with E-state index in [4.69, 9.17) is 33.3 Å². The lowest BCUT2D eigenvalue weighted by Crippen LogP contribution is -2.40. The second-order valence-corrected chi connectivity index (χ2v) is 12.5. The van der Waals surface area contributed by atoms with Crippen molar-refractivity contribution in [1.82, 2.24) is 9.61 Å². The molecule has 41 heavy (non-hydrogen) atoms. The predicted octanol–water partition coefficient (Wildman–Crippen LogP) is 4.91. The van der Waals surface area contributed by atoms with E-state index in [9.17, 15) is 8.42 Å². The summed E-state index contributed by atoms with van der Waals surface area (Å²) in [6.45, 7) is 5.76. The van der Waals surface area contributed by atoms with Gasteiger partial charge in [0.1, 0.15) is 22.0 Å². The third-order valence-electron chi connectivity index (χ3n) is 7.18. The fourth-order valence-corrected chi connectivity index (χ4v) is 6.07. The molecule has 11 nitrogen and oxygen atoms in total. The fraction of sp³-hybridized carbons (Fsp3) is 0.607. The molecule has 228 valence electrons. The van der Waals surface area contributed by atoms with Crippen LogP contribution in [0.2, 0.25) is 0 Å². The molecule has 1 N–H and O–H groups in total. The van der Waals surface area contributed by atoms with Crippen LogP contribution in [-0.4, -0.2) is 82.6 Å². The van der Waals surface area contributed by atoms with Crippen LogP contribution < -0.4 is 19.1 Å². The molecular weight excluding hydrogens is 570 g/mol. The highest BCUT2D eigenvalue weighted by atomic mass is 32.2. The number of aromatic nitrogens is 2. The summed E-state index contributed by atoms with van der Waals surface area (Å²) in [5.74, 6) is 2.98. The van der Waals surface area contributed by atoms with Gasteiger partial charge < -0.3 is 28.6 Å². The second kappa shape index (κ2) is 14.1. The molecule has 1 saturated heterocycles. The number of rotatable bonds is 12. The highest BCUT2D eigenvalue weighted by Gasteiger charge is 2.32. The first-order valence-electron chi connectivity index (χ1n) is 13.8. The second-order valence-electron chi connectivity index (χ2n) is 10.2. The van der Waals surface area contributed by atoms with Gasteiger partial charge in [-0.1, -0.05) is 12.8 Å². The number of anilines is 1. The van der Waals surface area contributed by atoms with Gasteiger partial charge in [0.2, 0.25) is 0 Å². The Kier molecular flexibility index (Phi) is 10.8. The molecule has 2 aliphatic rings. The topological polar surface area (TPSA) is 121 Å². The summed E-state index contributed by atoms with van der Waals surface area (Å²) in [5.41, 5.74) is 3.89. The van der Waals surface area contributed by atoms with Crippen LogP contribution in [0.3, 0.4) is 0 Å². The van der Waals surface area contributed by atoms with Crippen LogP contribution in [0.4, 0.5) is 5.69 Å². The number of hydrogen-bond donors (Lipinski definition) is 1. The Labute approximate surface area is 246 Å². The Morgan fingerprint density at radius 3 is 2.27 bits per heavy atom. The number of thiazole rings is 1. The van der Waals surface area contributed by atoms with Crippen LogP contribution >= 0.6 is 11.3 Å². The van der Waals surface area contributed by atoms with Gasteiger partial charge in [0.25, 0.3) is 16.0 Å². The summed E-state index contributed by atoms with van der Waals surface area (Å²) in [7, 11) is 1.42. The molecule has 3 heterocycles. The van der Waals surface area contributed by atoms with Crippen molar-refractivity contribution in [2.24, 2.45) is 5.92 Å². The van der Waals surface area contributed by atoms with Crippen LogP contribution in [0.25, 0.3) is 16.1 Å². The van der Waals surface area contributed by atoms with E-state index >= 15 is 0 Å². The van der Waals surface area contributed by atoms with Crippen molar-refractivity contribution >= 4 is 32.0 Å². The standard InChI is InChI=1S/C27H37N3O5S.CH4O3S/c1-5-34-16-19-14-22(31-2)24(23(15-19)32-3)21-17-36-27-25(26(33-4)28-30(21)27)29(11-8-18-6-7-18)20-9-12-35-13-10-20;1-5(2,3)4/h14-15,17-18,20H,5-13,16H2,1-4H3;1H3,(H,2,3,4). The zero-order chi connectivity index (χ0) is 29.6. The van der Waals surface area contributed by atoms with Gasteiger partial charge in [-0.2, -0.15) is 8.42 Å². The Morgan fingerprint density at radius 1 is 1.10 bits per heavy atom. The summed E-state index contributed by atoms with van der Waals surface area (Å²) in [6, 6.07) is 4.46. The first-order valence-corrected chi connectivity index (χ1v) is 16.5. The molecule has 0 unspecified atom stereocenters. The zero-order valence-electron chi connectivity index (χ0n) is 24.4. The Bertz CT molecular complexity index is 1360. The summed E-state index contributed by atoms with van der Waals surface area (Å²) in [5, 5.41) is 7.08. The lowest BCUT2D eigenvalue weighted by Gasteiger charge is -2.35. The zero-order valence-corrected chi connectivity index (χ0v) is 26.1. The normalized spacial score (nSPS) is 15.9. The first-order chi connectivity index (χ1) is 19.7. The fourth-order valence-electron chi connectivity index (χ4n) is 5.08. The van der Waals surface area contributed by atoms with Gasteiger partial charge in [0.15, 0.2) is 0 Å². The van der Waals surface area contributed by atoms with E-state index in [0.717, 1.165) is 77.4 Å². The minimum absolute atomic E-state index is 0.423. The van der Waals surface area contributed by atoms with Crippen molar-refractivity contribution in [1.29, 1.82) is 0 Å². The SMILES string of the molecule is CCOCc1cc(OC)c(-c2csc3c(N(CCC4CC4)C4CCOCC4)c(OC)nn23)c(OC)c1.CS(=O)(=O)O. The molecular formula is C28H41N3O8S2. The molecule has 2 aromatic heterocycles. The highest BCUT2D eigenvalue weighted by molar-refractivity contribution is 7.85. The average Bonchev–Trinajstić information content (AvgIpc) is 3.59. The van der Waals surface area contributed by atoms with E-state index in [1.807, 2.05) is 23.6 Å². The third kappa shape index (κ3) is 8.04. The minimum atomic E-state index is -3.67. The van der Waals surface area contributed by atoms with Crippen LogP contribution in [0.15, 0.2) is 17.5 Å². The van der Waals surface area contributed by atoms with Crippen LogP contribution in [-0.2, 0) is 26.2 Å². The maximum atomic E-state index is 9.19. The van der Waals surface area contributed by atoms with Gasteiger partial charge in [-0.25, -0.2) is 4.52 Å². The van der Waals surface area contributed by atoms with Gasteiger partial charge >= 0.3 is 0 Å². The molecule has 1 aliphatic carbocycles. The molecule has 3 aromatic rings. The average molecular weight is 612 g/mol. The number of hydrogen-bond acceptors (Lipinski definition) is 10. The van der Waals surface area contributed by atoms with E-state index in [1.165, 1.54) is 19.3 Å². The Morgan fingerprint density at radius 2 is 1.73 bits per heavy atom. The van der Waals surface area contributed by atoms with Gasteiger partial charge in [-0.15, -0.1) is 16.4 Å². The summed E-state index contributed by atoms with van der Waals surface area (Å²) in [4.78, 5) is 3.62. The summed E-state index contributed by atoms with van der Waals surface area (Å²) in [6.07, 6.45) is 6.67. The van der Waals surface area contributed by atoms with Crippen LogP contribution in [0.1, 0.15) is 44.6 Å². The lowest BCUT2D eigenvalue weighted by molar-refractivity contribution is 0.0842. The van der Waals surface area contributed by atoms with Crippen molar-refractivity contribution in [3.63, 3.8) is 0 Å².